The Bertz CT molecular complexity index is 241. The lowest BCUT2D eigenvalue weighted by atomic mass is 10.1. The molecule has 0 aromatic rings. The van der Waals surface area contributed by atoms with Gasteiger partial charge < -0.3 is 11.1 Å². The van der Waals surface area contributed by atoms with E-state index in [0.29, 0.717) is 0 Å². The van der Waals surface area contributed by atoms with Gasteiger partial charge in [-0.2, -0.15) is 22.0 Å². The molecule has 1 unspecified atom stereocenters. The molecule has 16 heavy (non-hydrogen) atoms. The fourth-order valence-corrected chi connectivity index (χ4v) is 0.984. The van der Waals surface area contributed by atoms with E-state index in [2.05, 4.69) is 0 Å². The van der Waals surface area contributed by atoms with E-state index in [1.807, 2.05) is 0 Å². The topological polar surface area (TPSA) is 55.1 Å². The molecule has 0 radical (unpaired) electrons. The summed E-state index contributed by atoms with van der Waals surface area (Å²) < 4.78 is 60.4. The van der Waals surface area contributed by atoms with Gasteiger partial charge in [-0.15, -0.1) is 0 Å². The Morgan fingerprint density at radius 2 is 1.81 bits per heavy atom. The van der Waals surface area contributed by atoms with Gasteiger partial charge in [-0.25, -0.2) is 0 Å². The van der Waals surface area contributed by atoms with Crippen molar-refractivity contribution in [1.29, 1.82) is 0 Å². The zero-order valence-electron chi connectivity index (χ0n) is 8.57. The molecule has 0 heterocycles. The third kappa shape index (κ3) is 3.58. The number of carbonyl (C=O) groups is 1. The largest absolute Gasteiger partial charge is 0.463 e. The number of nitrogens with one attached hydrogen (secondary N) is 1. The molecule has 1 amide bonds. The predicted octanol–water partition coefficient (Wildman–Crippen LogP) is 1.43. The van der Waals surface area contributed by atoms with Crippen molar-refractivity contribution < 1.29 is 26.7 Å². The van der Waals surface area contributed by atoms with Crippen LogP contribution in [0.4, 0.5) is 22.0 Å². The Balaban J connectivity index is 4.56. The van der Waals surface area contributed by atoms with Crippen LogP contribution in [0.25, 0.3) is 0 Å². The van der Waals surface area contributed by atoms with Gasteiger partial charge in [0.25, 0.3) is 0 Å². The first-order chi connectivity index (χ1) is 7.16. The van der Waals surface area contributed by atoms with Gasteiger partial charge >= 0.3 is 18.0 Å². The maximum Gasteiger partial charge on any atom is 0.463 e. The lowest BCUT2D eigenvalue weighted by molar-refractivity contribution is -0.270. The van der Waals surface area contributed by atoms with Gasteiger partial charge in [0.2, 0.25) is 0 Å². The van der Waals surface area contributed by atoms with E-state index in [0.717, 1.165) is 0 Å². The highest BCUT2D eigenvalue weighted by atomic mass is 19.4. The Morgan fingerprint density at radius 1 is 1.31 bits per heavy atom. The molecule has 0 aromatic carbocycles. The van der Waals surface area contributed by atoms with Gasteiger partial charge in [0.15, 0.2) is 0 Å². The van der Waals surface area contributed by atoms with Gasteiger partial charge in [0.05, 0.1) is 0 Å². The number of hydrogen-bond donors (Lipinski definition) is 2. The van der Waals surface area contributed by atoms with E-state index >= 15 is 0 Å². The Hall–Kier alpha value is -0.920. The zero-order valence-corrected chi connectivity index (χ0v) is 8.57. The second-order valence-electron chi connectivity index (χ2n) is 3.23. The summed E-state index contributed by atoms with van der Waals surface area (Å²) in [6.45, 7) is 1.64. The van der Waals surface area contributed by atoms with Gasteiger partial charge in [-0.1, -0.05) is 6.92 Å². The number of carbonyl (C=O) groups excluding carboxylic acids is 1. The first kappa shape index (κ1) is 15.1. The van der Waals surface area contributed by atoms with Crippen molar-refractivity contribution in [2.75, 3.05) is 6.54 Å². The number of hydrogen-bond acceptors (Lipinski definition) is 2. The molecule has 0 saturated carbocycles. The van der Waals surface area contributed by atoms with Crippen molar-refractivity contribution in [2.45, 2.75) is 37.9 Å². The van der Waals surface area contributed by atoms with E-state index in [-0.39, 0.29) is 19.4 Å². The molecule has 3 nitrogen and oxygen atoms in total. The van der Waals surface area contributed by atoms with Crippen LogP contribution in [0, 0.1) is 0 Å². The normalized spacial score (nSPS) is 14.7. The summed E-state index contributed by atoms with van der Waals surface area (Å²) in [6, 6.07) is -0.772. The van der Waals surface area contributed by atoms with E-state index < -0.39 is 24.0 Å². The molecule has 0 spiro atoms. The van der Waals surface area contributed by atoms with Crippen molar-refractivity contribution >= 4 is 5.91 Å². The fraction of sp³-hybridized carbons (Fsp3) is 0.875. The minimum Gasteiger partial charge on any atom is -0.348 e. The predicted molar refractivity (Wildman–Crippen MR) is 46.9 cm³/mol. The summed E-state index contributed by atoms with van der Waals surface area (Å²) in [5, 5.41) is 1.63. The molecule has 0 aliphatic rings. The lowest BCUT2D eigenvalue weighted by Gasteiger charge is -2.22. The number of rotatable bonds is 5. The molecule has 0 fully saturated rings. The van der Waals surface area contributed by atoms with Crippen LogP contribution >= 0.6 is 0 Å². The first-order valence-electron chi connectivity index (χ1n) is 4.62. The smallest absolute Gasteiger partial charge is 0.348 e. The molecule has 0 aliphatic heterocycles. The molecule has 1 atom stereocenters. The molecule has 0 aromatic heterocycles. The number of alkyl halides is 5. The van der Waals surface area contributed by atoms with Crippen molar-refractivity contribution in [2.24, 2.45) is 5.73 Å². The summed E-state index contributed by atoms with van der Waals surface area (Å²) >= 11 is 0. The fourth-order valence-electron chi connectivity index (χ4n) is 0.984. The third-order valence-electron chi connectivity index (χ3n) is 1.98. The highest BCUT2D eigenvalue weighted by Gasteiger charge is 2.63. The molecule has 0 aliphatic carbocycles. The van der Waals surface area contributed by atoms with Crippen molar-refractivity contribution in [1.82, 2.24) is 5.32 Å². The van der Waals surface area contributed by atoms with Crippen molar-refractivity contribution in [3.8, 4) is 0 Å². The minimum absolute atomic E-state index is 0.0936. The van der Waals surface area contributed by atoms with Crippen LogP contribution in [-0.2, 0) is 4.79 Å². The van der Waals surface area contributed by atoms with E-state index in [1.54, 1.807) is 12.2 Å². The average Bonchev–Trinajstić information content (AvgIpc) is 2.15. The first-order valence-corrected chi connectivity index (χ1v) is 4.62. The highest BCUT2D eigenvalue weighted by Crippen LogP contribution is 2.35. The summed E-state index contributed by atoms with van der Waals surface area (Å²) in [6.07, 6.45) is -5.49. The monoisotopic (exact) mass is 248 g/mol. The molecule has 96 valence electrons. The average molecular weight is 248 g/mol. The highest BCUT2D eigenvalue weighted by molar-refractivity contribution is 5.84. The molecule has 0 rings (SSSR count). The Kier molecular flexibility index (Phi) is 5.11. The molecular weight excluding hydrogens is 235 g/mol. The minimum atomic E-state index is -5.88. The maximum absolute atomic E-state index is 12.5. The number of halogens is 5. The van der Waals surface area contributed by atoms with Gasteiger partial charge in [-0.3, -0.25) is 4.79 Å². The molecular formula is C8H13F5N2O. The van der Waals surface area contributed by atoms with Crippen LogP contribution < -0.4 is 11.1 Å². The number of nitrogens with two attached hydrogens (primary N) is 1. The van der Waals surface area contributed by atoms with Gasteiger partial charge in [0.1, 0.15) is 0 Å². The van der Waals surface area contributed by atoms with Gasteiger partial charge in [0, 0.05) is 6.04 Å². The van der Waals surface area contributed by atoms with E-state index in [4.69, 9.17) is 5.73 Å². The number of amides is 1. The maximum atomic E-state index is 12.5. The Morgan fingerprint density at radius 3 is 2.12 bits per heavy atom. The zero-order chi connectivity index (χ0) is 13.0. The van der Waals surface area contributed by atoms with Crippen molar-refractivity contribution in [3.05, 3.63) is 0 Å². The molecule has 0 saturated heterocycles. The van der Waals surface area contributed by atoms with Crippen LogP contribution in [0.15, 0.2) is 0 Å². The van der Waals surface area contributed by atoms with Gasteiger partial charge in [-0.05, 0) is 19.4 Å². The lowest BCUT2D eigenvalue weighted by Crippen LogP contribution is -2.53. The van der Waals surface area contributed by atoms with Crippen LogP contribution in [0.3, 0.4) is 0 Å². The second kappa shape index (κ2) is 5.42. The molecule has 8 heteroatoms. The van der Waals surface area contributed by atoms with Crippen molar-refractivity contribution in [3.63, 3.8) is 0 Å². The summed E-state index contributed by atoms with van der Waals surface area (Å²) in [4.78, 5) is 10.7. The van der Waals surface area contributed by atoms with Crippen LogP contribution in [-0.4, -0.2) is 30.6 Å². The summed E-state index contributed by atoms with van der Waals surface area (Å²) in [5.74, 6) is -7.70. The van der Waals surface area contributed by atoms with Crippen LogP contribution in [0.1, 0.15) is 19.8 Å². The standard InChI is InChI=1S/C8H13F5N2O/c1-2-5(3-4-14)15-6(16)7(9,10)8(11,12)13/h5H,2-4,14H2,1H3,(H,15,16). The van der Waals surface area contributed by atoms with Crippen LogP contribution in [0.2, 0.25) is 0 Å². The van der Waals surface area contributed by atoms with E-state index in [9.17, 15) is 26.7 Å². The molecule has 3 N–H and O–H groups in total. The SMILES string of the molecule is CCC(CCN)NC(=O)C(F)(F)C(F)(F)F. The quantitative estimate of drug-likeness (QED) is 0.723. The Labute approximate surface area is 89.2 Å². The third-order valence-corrected chi connectivity index (χ3v) is 1.98. The second-order valence-corrected chi connectivity index (χ2v) is 3.23. The summed E-state index contributed by atoms with van der Waals surface area (Å²) in [5.41, 5.74) is 5.11. The molecule has 0 bridgehead atoms. The van der Waals surface area contributed by atoms with Crippen LogP contribution in [0.5, 0.6) is 0 Å². The van der Waals surface area contributed by atoms with E-state index in [1.165, 1.54) is 0 Å². The summed E-state index contributed by atoms with van der Waals surface area (Å²) in [7, 11) is 0.